The molecule has 1 aromatic rings. The molecule has 82 valence electrons. The summed E-state index contributed by atoms with van der Waals surface area (Å²) in [6.45, 7) is 0.331. The maximum atomic E-state index is 13.5. The lowest BCUT2D eigenvalue weighted by atomic mass is 9.95. The molecule has 0 aliphatic heterocycles. The lowest BCUT2D eigenvalue weighted by Crippen LogP contribution is -2.28. The van der Waals surface area contributed by atoms with Crippen molar-refractivity contribution in [3.8, 4) is 0 Å². The fourth-order valence-electron chi connectivity index (χ4n) is 1.73. The van der Waals surface area contributed by atoms with Crippen LogP contribution < -0.4 is 5.73 Å². The highest BCUT2D eigenvalue weighted by atomic mass is 19.1. The monoisotopic (exact) mass is 209 g/mol. The highest BCUT2D eigenvalue weighted by molar-refractivity contribution is 5.20. The van der Waals surface area contributed by atoms with E-state index in [9.17, 15) is 4.39 Å². The number of ether oxygens (including phenoxy) is 1. The Balaban J connectivity index is 2.07. The summed E-state index contributed by atoms with van der Waals surface area (Å²) >= 11 is 0. The Kier molecular flexibility index (Phi) is 3.34. The maximum Gasteiger partial charge on any atom is 0.129 e. The minimum atomic E-state index is -0.295. The molecule has 15 heavy (non-hydrogen) atoms. The van der Waals surface area contributed by atoms with E-state index in [0.29, 0.717) is 12.1 Å². The van der Waals surface area contributed by atoms with E-state index in [0.717, 1.165) is 12.8 Å². The van der Waals surface area contributed by atoms with Gasteiger partial charge >= 0.3 is 0 Å². The average molecular weight is 209 g/mol. The molecule has 2 nitrogen and oxygen atoms in total. The number of halogens is 1. The van der Waals surface area contributed by atoms with Crippen molar-refractivity contribution < 1.29 is 9.13 Å². The molecule has 0 spiro atoms. The summed E-state index contributed by atoms with van der Waals surface area (Å²) in [6, 6.07) is 6.68. The Hall–Kier alpha value is -0.930. The van der Waals surface area contributed by atoms with Crippen LogP contribution in [0.1, 0.15) is 30.9 Å². The van der Waals surface area contributed by atoms with E-state index in [4.69, 9.17) is 10.5 Å². The Morgan fingerprint density at radius 1 is 1.40 bits per heavy atom. The smallest absolute Gasteiger partial charge is 0.129 e. The summed E-state index contributed by atoms with van der Waals surface area (Å²) in [5.74, 6) is -0.229. The molecule has 1 aromatic carbocycles. The molecule has 1 atom stereocenters. The molecule has 0 aromatic heterocycles. The standard InChI is InChI=1S/C12H16FNO/c13-11-7-2-1-6-10(11)12(8-14)15-9-4-3-5-9/h1-2,6-7,9,12H,3-5,8,14H2. The van der Waals surface area contributed by atoms with E-state index in [-0.39, 0.29) is 18.0 Å². The van der Waals surface area contributed by atoms with Crippen LogP contribution in [0.3, 0.4) is 0 Å². The van der Waals surface area contributed by atoms with E-state index in [1.54, 1.807) is 12.1 Å². The summed E-state index contributed by atoms with van der Waals surface area (Å²) in [5.41, 5.74) is 6.18. The third-order valence-electron chi connectivity index (χ3n) is 2.88. The van der Waals surface area contributed by atoms with Gasteiger partial charge in [-0.2, -0.15) is 0 Å². The van der Waals surface area contributed by atoms with Gasteiger partial charge < -0.3 is 10.5 Å². The molecular formula is C12H16FNO. The number of rotatable bonds is 4. The first-order chi connectivity index (χ1) is 7.31. The molecule has 1 aliphatic rings. The van der Waals surface area contributed by atoms with E-state index in [1.807, 2.05) is 6.07 Å². The molecular weight excluding hydrogens is 193 g/mol. The van der Waals surface area contributed by atoms with Crippen LogP contribution in [0.2, 0.25) is 0 Å². The fraction of sp³-hybridized carbons (Fsp3) is 0.500. The third kappa shape index (κ3) is 2.36. The van der Waals surface area contributed by atoms with Crippen molar-refractivity contribution in [2.45, 2.75) is 31.5 Å². The van der Waals surface area contributed by atoms with E-state index in [1.165, 1.54) is 12.5 Å². The normalized spacial score (nSPS) is 18.5. The van der Waals surface area contributed by atoms with Crippen LogP contribution >= 0.6 is 0 Å². The van der Waals surface area contributed by atoms with E-state index in [2.05, 4.69) is 0 Å². The van der Waals surface area contributed by atoms with Gasteiger partial charge in [0.15, 0.2) is 0 Å². The van der Waals surface area contributed by atoms with E-state index >= 15 is 0 Å². The van der Waals surface area contributed by atoms with Gasteiger partial charge in [-0.3, -0.25) is 0 Å². The van der Waals surface area contributed by atoms with Gasteiger partial charge in [-0.25, -0.2) is 4.39 Å². The van der Waals surface area contributed by atoms with Crippen molar-refractivity contribution in [2.75, 3.05) is 6.54 Å². The van der Waals surface area contributed by atoms with E-state index < -0.39 is 0 Å². The summed E-state index contributed by atoms with van der Waals surface area (Å²) in [5, 5.41) is 0. The maximum absolute atomic E-state index is 13.5. The van der Waals surface area contributed by atoms with Gasteiger partial charge in [-0.15, -0.1) is 0 Å². The molecule has 0 amide bonds. The highest BCUT2D eigenvalue weighted by Crippen LogP contribution is 2.29. The van der Waals surface area contributed by atoms with Gasteiger partial charge in [0.25, 0.3) is 0 Å². The van der Waals surface area contributed by atoms with Gasteiger partial charge in [0.05, 0.1) is 12.2 Å². The summed E-state index contributed by atoms with van der Waals surface area (Å²) < 4.78 is 19.2. The predicted molar refractivity (Wildman–Crippen MR) is 56.9 cm³/mol. The lowest BCUT2D eigenvalue weighted by Gasteiger charge is -2.30. The van der Waals surface area contributed by atoms with Gasteiger partial charge in [0.1, 0.15) is 5.82 Å². The first-order valence-electron chi connectivity index (χ1n) is 5.41. The zero-order valence-electron chi connectivity index (χ0n) is 8.66. The minimum Gasteiger partial charge on any atom is -0.369 e. The molecule has 0 saturated heterocycles. The topological polar surface area (TPSA) is 35.2 Å². The molecule has 0 heterocycles. The van der Waals surface area contributed by atoms with Crippen LogP contribution in [-0.2, 0) is 4.74 Å². The second kappa shape index (κ2) is 4.73. The first kappa shape index (κ1) is 10.6. The van der Waals surface area contributed by atoms with Crippen LogP contribution in [-0.4, -0.2) is 12.6 Å². The van der Waals surface area contributed by atoms with Crippen LogP contribution in [0.4, 0.5) is 4.39 Å². The van der Waals surface area contributed by atoms with Crippen molar-refractivity contribution >= 4 is 0 Å². The second-order valence-corrected chi connectivity index (χ2v) is 3.93. The second-order valence-electron chi connectivity index (χ2n) is 3.93. The molecule has 1 unspecified atom stereocenters. The number of benzene rings is 1. The lowest BCUT2D eigenvalue weighted by molar-refractivity contribution is -0.0499. The van der Waals surface area contributed by atoms with Crippen molar-refractivity contribution in [3.05, 3.63) is 35.6 Å². The summed E-state index contributed by atoms with van der Waals surface area (Å²) in [7, 11) is 0. The number of nitrogens with two attached hydrogens (primary N) is 1. The highest BCUT2D eigenvalue weighted by Gasteiger charge is 2.24. The Morgan fingerprint density at radius 3 is 2.67 bits per heavy atom. The number of hydrogen-bond donors (Lipinski definition) is 1. The Bertz CT molecular complexity index is 325. The van der Waals surface area contributed by atoms with Crippen LogP contribution in [0, 0.1) is 5.82 Å². The Morgan fingerprint density at radius 2 is 2.13 bits per heavy atom. The van der Waals surface area contributed by atoms with Crippen molar-refractivity contribution in [2.24, 2.45) is 5.73 Å². The molecule has 1 saturated carbocycles. The first-order valence-corrected chi connectivity index (χ1v) is 5.41. The zero-order chi connectivity index (χ0) is 10.7. The van der Waals surface area contributed by atoms with Crippen molar-refractivity contribution in [1.29, 1.82) is 0 Å². The number of hydrogen-bond acceptors (Lipinski definition) is 2. The SMILES string of the molecule is NCC(OC1CCC1)c1ccccc1F. The molecule has 2 rings (SSSR count). The molecule has 3 heteroatoms. The molecule has 2 N–H and O–H groups in total. The van der Waals surface area contributed by atoms with Crippen molar-refractivity contribution in [1.82, 2.24) is 0 Å². The molecule has 0 bridgehead atoms. The van der Waals surface area contributed by atoms with Crippen LogP contribution in [0.25, 0.3) is 0 Å². The van der Waals surface area contributed by atoms with Crippen LogP contribution in [0.5, 0.6) is 0 Å². The minimum absolute atomic E-state index is 0.229. The third-order valence-corrected chi connectivity index (χ3v) is 2.88. The van der Waals surface area contributed by atoms with Crippen molar-refractivity contribution in [3.63, 3.8) is 0 Å². The molecule has 1 fully saturated rings. The quantitative estimate of drug-likeness (QED) is 0.826. The van der Waals surface area contributed by atoms with Gasteiger partial charge in [-0.1, -0.05) is 18.2 Å². The zero-order valence-corrected chi connectivity index (χ0v) is 8.66. The molecule has 1 aliphatic carbocycles. The predicted octanol–water partition coefficient (Wildman–Crippen LogP) is 2.39. The van der Waals surface area contributed by atoms with Gasteiger partial charge in [0.2, 0.25) is 0 Å². The van der Waals surface area contributed by atoms with Crippen LogP contribution in [0.15, 0.2) is 24.3 Å². The molecule has 0 radical (unpaired) electrons. The Labute approximate surface area is 89.2 Å². The largest absolute Gasteiger partial charge is 0.369 e. The summed E-state index contributed by atoms with van der Waals surface area (Å²) in [4.78, 5) is 0. The average Bonchev–Trinajstić information content (AvgIpc) is 2.19. The summed E-state index contributed by atoms with van der Waals surface area (Å²) in [6.07, 6.45) is 3.34. The van der Waals surface area contributed by atoms with Gasteiger partial charge in [0, 0.05) is 12.1 Å². The fourth-order valence-corrected chi connectivity index (χ4v) is 1.73. The van der Waals surface area contributed by atoms with Gasteiger partial charge in [-0.05, 0) is 25.3 Å².